The molecule has 2 heteroatoms. The number of rotatable bonds is 6. The maximum atomic E-state index is 11.0. The lowest BCUT2D eigenvalue weighted by Crippen LogP contribution is -2.03. The molecule has 0 amide bonds. The van der Waals surface area contributed by atoms with Gasteiger partial charge in [-0.25, -0.2) is 0 Å². The van der Waals surface area contributed by atoms with Crippen molar-refractivity contribution in [1.82, 2.24) is 0 Å². The normalized spacial score (nSPS) is 12.1. The largest absolute Gasteiger partial charge is 0.300 e. The summed E-state index contributed by atoms with van der Waals surface area (Å²) in [6, 6.07) is 2.11. The smallest absolute Gasteiger partial charge is 0.132 e. The van der Waals surface area contributed by atoms with E-state index in [2.05, 4.69) is 13.0 Å². The topological polar surface area (TPSA) is 40.9 Å². The SMILES string of the molecule is CCC(=O)CC(C)CCCC#N. The van der Waals surface area contributed by atoms with Crippen molar-refractivity contribution in [1.29, 1.82) is 5.26 Å². The van der Waals surface area contributed by atoms with Crippen LogP contribution in [0.25, 0.3) is 0 Å². The maximum absolute atomic E-state index is 11.0. The van der Waals surface area contributed by atoms with Crippen molar-refractivity contribution in [2.45, 2.75) is 46.0 Å². The van der Waals surface area contributed by atoms with Crippen molar-refractivity contribution >= 4 is 5.78 Å². The number of carbonyl (C=O) groups excluding carboxylic acids is 1. The first kappa shape index (κ1) is 11.2. The molecule has 0 aromatic rings. The van der Waals surface area contributed by atoms with Crippen LogP contribution in [0.2, 0.25) is 0 Å². The van der Waals surface area contributed by atoms with E-state index in [0.29, 0.717) is 31.0 Å². The Hall–Kier alpha value is -0.840. The minimum atomic E-state index is 0.333. The average molecular weight is 167 g/mol. The van der Waals surface area contributed by atoms with E-state index in [1.54, 1.807) is 0 Å². The summed E-state index contributed by atoms with van der Waals surface area (Å²) in [6.45, 7) is 3.97. The number of carbonyl (C=O) groups is 1. The molecule has 1 unspecified atom stereocenters. The minimum Gasteiger partial charge on any atom is -0.300 e. The summed E-state index contributed by atoms with van der Waals surface area (Å²) >= 11 is 0. The van der Waals surface area contributed by atoms with E-state index >= 15 is 0 Å². The highest BCUT2D eigenvalue weighted by Gasteiger charge is 2.06. The number of Topliss-reactive ketones (excluding diaryl/α,β-unsaturated/α-hetero) is 1. The van der Waals surface area contributed by atoms with Crippen molar-refractivity contribution in [2.24, 2.45) is 5.92 Å². The Morgan fingerprint density at radius 1 is 1.58 bits per heavy atom. The molecule has 0 spiro atoms. The molecular weight excluding hydrogens is 150 g/mol. The molecule has 0 heterocycles. The van der Waals surface area contributed by atoms with Crippen LogP contribution in [0.5, 0.6) is 0 Å². The number of ketones is 1. The van der Waals surface area contributed by atoms with Gasteiger partial charge in [0, 0.05) is 19.3 Å². The summed E-state index contributed by atoms with van der Waals surface area (Å²) in [5.74, 6) is 0.783. The third kappa shape index (κ3) is 5.91. The van der Waals surface area contributed by atoms with E-state index in [0.717, 1.165) is 12.8 Å². The number of nitrogens with zero attached hydrogens (tertiary/aromatic N) is 1. The van der Waals surface area contributed by atoms with E-state index in [1.807, 2.05) is 6.92 Å². The molecule has 0 N–H and O–H groups in total. The van der Waals surface area contributed by atoms with Crippen molar-refractivity contribution in [2.75, 3.05) is 0 Å². The molecule has 0 fully saturated rings. The molecule has 12 heavy (non-hydrogen) atoms. The standard InChI is InChI=1S/C10H17NO/c1-3-10(12)8-9(2)6-4-5-7-11/h9H,3-6,8H2,1-2H3. The van der Waals surface area contributed by atoms with Gasteiger partial charge in [-0.05, 0) is 18.8 Å². The fourth-order valence-corrected chi connectivity index (χ4v) is 1.16. The zero-order chi connectivity index (χ0) is 9.40. The van der Waals surface area contributed by atoms with E-state index in [1.165, 1.54) is 0 Å². The van der Waals surface area contributed by atoms with Gasteiger partial charge < -0.3 is 0 Å². The third-order valence-electron chi connectivity index (χ3n) is 1.96. The number of unbranched alkanes of at least 4 members (excludes halogenated alkanes) is 1. The molecule has 68 valence electrons. The Labute approximate surface area is 74.6 Å². The van der Waals surface area contributed by atoms with Crippen LogP contribution in [0.1, 0.15) is 46.0 Å². The van der Waals surface area contributed by atoms with Crippen molar-refractivity contribution in [3.05, 3.63) is 0 Å². The number of hydrogen-bond acceptors (Lipinski definition) is 2. The predicted molar refractivity (Wildman–Crippen MR) is 48.5 cm³/mol. The fraction of sp³-hybridized carbons (Fsp3) is 0.800. The molecule has 0 aromatic carbocycles. The monoisotopic (exact) mass is 167 g/mol. The zero-order valence-corrected chi connectivity index (χ0v) is 7.97. The van der Waals surface area contributed by atoms with E-state index < -0.39 is 0 Å². The molecule has 0 saturated carbocycles. The molecular formula is C10H17NO. The molecule has 0 aliphatic carbocycles. The van der Waals surface area contributed by atoms with Gasteiger partial charge in [-0.3, -0.25) is 4.79 Å². The lowest BCUT2D eigenvalue weighted by Gasteiger charge is -2.07. The van der Waals surface area contributed by atoms with Crippen LogP contribution < -0.4 is 0 Å². The van der Waals surface area contributed by atoms with Gasteiger partial charge in [0.2, 0.25) is 0 Å². The Morgan fingerprint density at radius 3 is 2.75 bits per heavy atom. The fourth-order valence-electron chi connectivity index (χ4n) is 1.16. The highest BCUT2D eigenvalue weighted by molar-refractivity contribution is 5.78. The predicted octanol–water partition coefficient (Wildman–Crippen LogP) is 2.69. The van der Waals surface area contributed by atoms with Crippen LogP contribution >= 0.6 is 0 Å². The van der Waals surface area contributed by atoms with E-state index in [-0.39, 0.29) is 0 Å². The minimum absolute atomic E-state index is 0.333. The summed E-state index contributed by atoms with van der Waals surface area (Å²) in [7, 11) is 0. The molecule has 0 bridgehead atoms. The van der Waals surface area contributed by atoms with Crippen LogP contribution in [0.15, 0.2) is 0 Å². The van der Waals surface area contributed by atoms with Gasteiger partial charge in [-0.15, -0.1) is 0 Å². The molecule has 0 aliphatic rings. The lowest BCUT2D eigenvalue weighted by molar-refractivity contribution is -0.119. The second kappa shape index (κ2) is 6.84. The second-order valence-corrected chi connectivity index (χ2v) is 3.25. The first-order valence-corrected chi connectivity index (χ1v) is 4.59. The van der Waals surface area contributed by atoms with Gasteiger partial charge >= 0.3 is 0 Å². The quantitative estimate of drug-likeness (QED) is 0.571. The molecule has 0 aliphatic heterocycles. The first-order valence-electron chi connectivity index (χ1n) is 4.59. The first-order chi connectivity index (χ1) is 5.70. The highest BCUT2D eigenvalue weighted by Crippen LogP contribution is 2.12. The van der Waals surface area contributed by atoms with Crippen LogP contribution in [0.3, 0.4) is 0 Å². The Morgan fingerprint density at radius 2 is 2.25 bits per heavy atom. The van der Waals surface area contributed by atoms with Gasteiger partial charge in [-0.1, -0.05) is 13.8 Å². The van der Waals surface area contributed by atoms with Gasteiger partial charge in [-0.2, -0.15) is 5.26 Å². The Kier molecular flexibility index (Phi) is 6.37. The second-order valence-electron chi connectivity index (χ2n) is 3.25. The number of hydrogen-bond donors (Lipinski definition) is 0. The average Bonchev–Trinajstić information content (AvgIpc) is 2.05. The molecule has 1 atom stereocenters. The summed E-state index contributed by atoms with van der Waals surface area (Å²) in [5, 5.41) is 8.29. The van der Waals surface area contributed by atoms with Gasteiger partial charge in [0.15, 0.2) is 0 Å². The summed E-state index contributed by atoms with van der Waals surface area (Å²) in [6.07, 6.45) is 3.86. The van der Waals surface area contributed by atoms with Crippen LogP contribution in [0.4, 0.5) is 0 Å². The Bertz CT molecular complexity index is 169. The van der Waals surface area contributed by atoms with Crippen molar-refractivity contribution in [3.8, 4) is 6.07 Å². The molecule has 0 saturated heterocycles. The van der Waals surface area contributed by atoms with Crippen LogP contribution in [0, 0.1) is 17.2 Å². The van der Waals surface area contributed by atoms with Gasteiger partial charge in [0.05, 0.1) is 6.07 Å². The Balaban J connectivity index is 3.40. The molecule has 0 rings (SSSR count). The summed E-state index contributed by atoms with van der Waals surface area (Å²) in [4.78, 5) is 11.0. The lowest BCUT2D eigenvalue weighted by atomic mass is 9.97. The van der Waals surface area contributed by atoms with E-state index in [9.17, 15) is 4.79 Å². The maximum Gasteiger partial charge on any atom is 0.132 e. The van der Waals surface area contributed by atoms with Gasteiger partial charge in [0.25, 0.3) is 0 Å². The van der Waals surface area contributed by atoms with E-state index in [4.69, 9.17) is 5.26 Å². The number of nitriles is 1. The molecule has 0 radical (unpaired) electrons. The molecule has 0 aromatic heterocycles. The summed E-state index contributed by atoms with van der Waals surface area (Å²) < 4.78 is 0. The van der Waals surface area contributed by atoms with Crippen LogP contribution in [-0.2, 0) is 4.79 Å². The third-order valence-corrected chi connectivity index (χ3v) is 1.96. The van der Waals surface area contributed by atoms with Crippen molar-refractivity contribution < 1.29 is 4.79 Å². The summed E-state index contributed by atoms with van der Waals surface area (Å²) in [5.41, 5.74) is 0. The zero-order valence-electron chi connectivity index (χ0n) is 7.97. The molecule has 2 nitrogen and oxygen atoms in total. The van der Waals surface area contributed by atoms with Crippen LogP contribution in [-0.4, -0.2) is 5.78 Å². The van der Waals surface area contributed by atoms with Crippen molar-refractivity contribution in [3.63, 3.8) is 0 Å². The highest BCUT2D eigenvalue weighted by atomic mass is 16.1. The van der Waals surface area contributed by atoms with Gasteiger partial charge in [0.1, 0.15) is 5.78 Å².